The van der Waals surface area contributed by atoms with Crippen molar-refractivity contribution in [3.05, 3.63) is 63.1 Å². The fourth-order valence-corrected chi connectivity index (χ4v) is 2.67. The minimum atomic E-state index is 0.0734. The second-order valence-electron chi connectivity index (χ2n) is 4.63. The van der Waals surface area contributed by atoms with Crippen LogP contribution in [0, 0.1) is 0 Å². The molecule has 2 rings (SSSR count). The maximum atomic E-state index is 8.92. The van der Waals surface area contributed by atoms with E-state index in [1.54, 1.807) is 0 Å². The van der Waals surface area contributed by atoms with Gasteiger partial charge >= 0.3 is 0 Å². The fraction of sp³-hybridized carbons (Fsp3) is 0.133. The zero-order valence-electron chi connectivity index (χ0n) is 11.4. The van der Waals surface area contributed by atoms with E-state index in [1.807, 2.05) is 54.4 Å². The van der Waals surface area contributed by atoms with Crippen molar-refractivity contribution in [1.82, 2.24) is 0 Å². The summed E-state index contributed by atoms with van der Waals surface area (Å²) in [4.78, 5) is 2.02. The Morgan fingerprint density at radius 3 is 2.76 bits per heavy atom. The van der Waals surface area contributed by atoms with Crippen LogP contribution in [0.2, 0.25) is 5.02 Å². The predicted molar refractivity (Wildman–Crippen MR) is 90.2 cm³/mol. The number of hydrogen-bond donors (Lipinski definition) is 2. The lowest BCUT2D eigenvalue weighted by atomic mass is 10.1. The molecule has 21 heavy (non-hydrogen) atoms. The van der Waals surface area contributed by atoms with Crippen molar-refractivity contribution >= 4 is 39.1 Å². The molecule has 0 atom stereocenters. The molecule has 6 heteroatoms. The van der Waals surface area contributed by atoms with Gasteiger partial charge in [-0.2, -0.15) is 0 Å². The topological polar surface area (TPSA) is 61.8 Å². The van der Waals surface area contributed by atoms with Crippen molar-refractivity contribution in [2.24, 2.45) is 10.9 Å². The van der Waals surface area contributed by atoms with Crippen molar-refractivity contribution in [3.8, 4) is 0 Å². The zero-order valence-corrected chi connectivity index (χ0v) is 13.8. The molecule has 0 spiro atoms. The largest absolute Gasteiger partial charge is 0.409 e. The molecule has 110 valence electrons. The Kier molecular flexibility index (Phi) is 5.09. The third-order valence-corrected chi connectivity index (χ3v) is 3.79. The van der Waals surface area contributed by atoms with Gasteiger partial charge < -0.3 is 15.8 Å². The molecule has 4 nitrogen and oxygen atoms in total. The summed E-state index contributed by atoms with van der Waals surface area (Å²) in [6.07, 6.45) is 0. The lowest BCUT2D eigenvalue weighted by molar-refractivity contribution is 0.318. The molecule has 2 aromatic carbocycles. The maximum absolute atomic E-state index is 8.92. The average molecular weight is 369 g/mol. The quantitative estimate of drug-likeness (QED) is 0.373. The van der Waals surface area contributed by atoms with Crippen LogP contribution < -0.4 is 10.6 Å². The van der Waals surface area contributed by atoms with Gasteiger partial charge in [0, 0.05) is 34.3 Å². The van der Waals surface area contributed by atoms with Gasteiger partial charge in [0.2, 0.25) is 0 Å². The van der Waals surface area contributed by atoms with Gasteiger partial charge in [0.1, 0.15) is 0 Å². The number of nitrogens with two attached hydrogens (primary N) is 1. The van der Waals surface area contributed by atoms with Gasteiger partial charge in [-0.1, -0.05) is 44.8 Å². The van der Waals surface area contributed by atoms with Gasteiger partial charge in [0.15, 0.2) is 5.84 Å². The van der Waals surface area contributed by atoms with Gasteiger partial charge in [0.25, 0.3) is 0 Å². The summed E-state index contributed by atoms with van der Waals surface area (Å²) < 4.78 is 0.865. The number of nitrogens with zero attached hydrogens (tertiary/aromatic N) is 2. The third-order valence-electron chi connectivity index (χ3n) is 3.06. The molecule has 0 aromatic heterocycles. The molecule has 0 heterocycles. The molecule has 0 radical (unpaired) electrons. The van der Waals surface area contributed by atoms with Crippen molar-refractivity contribution in [1.29, 1.82) is 0 Å². The first kappa shape index (κ1) is 15.7. The molecule has 3 N–H and O–H groups in total. The number of rotatable bonds is 4. The van der Waals surface area contributed by atoms with Gasteiger partial charge in [-0.25, -0.2) is 0 Å². The molecule has 0 aliphatic heterocycles. The first-order chi connectivity index (χ1) is 10.0. The molecule has 0 unspecified atom stereocenters. The average Bonchev–Trinajstić information content (AvgIpc) is 2.46. The molecular weight excluding hydrogens is 354 g/mol. The van der Waals surface area contributed by atoms with E-state index in [0.717, 1.165) is 15.7 Å². The summed E-state index contributed by atoms with van der Waals surface area (Å²) in [5, 5.41) is 12.7. The summed E-state index contributed by atoms with van der Waals surface area (Å²) in [5.74, 6) is 0.0734. The first-order valence-corrected chi connectivity index (χ1v) is 7.41. The molecule has 0 amide bonds. The van der Waals surface area contributed by atoms with E-state index in [-0.39, 0.29) is 5.84 Å². The Morgan fingerprint density at radius 1 is 1.33 bits per heavy atom. The first-order valence-electron chi connectivity index (χ1n) is 6.24. The van der Waals surface area contributed by atoms with E-state index in [4.69, 9.17) is 22.5 Å². The molecule has 0 saturated heterocycles. The van der Waals surface area contributed by atoms with Crippen LogP contribution in [-0.4, -0.2) is 18.1 Å². The normalized spacial score (nSPS) is 11.5. The Bertz CT molecular complexity index is 676. The molecular formula is C15H15BrClN3O. The van der Waals surface area contributed by atoms with Crippen LogP contribution in [0.15, 0.2) is 52.1 Å². The highest BCUT2D eigenvalue weighted by molar-refractivity contribution is 9.10. The van der Waals surface area contributed by atoms with Crippen LogP contribution in [0.3, 0.4) is 0 Å². The number of oxime groups is 1. The summed E-state index contributed by atoms with van der Waals surface area (Å²) in [7, 11) is 1.94. The number of hydrogen-bond acceptors (Lipinski definition) is 3. The van der Waals surface area contributed by atoms with Gasteiger partial charge in [-0.15, -0.1) is 0 Å². The van der Waals surface area contributed by atoms with Crippen LogP contribution >= 0.6 is 27.5 Å². The standard InChI is InChI=1S/C15H15BrClN3O/c1-20(9-10-3-2-4-12(17)7-10)14-6-5-11(16)8-13(14)15(18)19-21/h2-8,21H,9H2,1H3,(H2,18,19). The summed E-state index contributed by atoms with van der Waals surface area (Å²) in [6.45, 7) is 0.661. The van der Waals surface area contributed by atoms with Gasteiger partial charge in [-0.3, -0.25) is 0 Å². The minimum Gasteiger partial charge on any atom is -0.409 e. The highest BCUT2D eigenvalue weighted by Gasteiger charge is 2.12. The van der Waals surface area contributed by atoms with E-state index < -0.39 is 0 Å². The van der Waals surface area contributed by atoms with Crippen LogP contribution in [0.5, 0.6) is 0 Å². The lowest BCUT2D eigenvalue weighted by Crippen LogP contribution is -2.22. The molecule has 2 aromatic rings. The summed E-state index contributed by atoms with van der Waals surface area (Å²) in [5.41, 5.74) is 8.36. The van der Waals surface area contributed by atoms with Crippen molar-refractivity contribution in [2.75, 3.05) is 11.9 Å². The Balaban J connectivity index is 2.33. The molecule has 0 aliphatic rings. The van der Waals surface area contributed by atoms with E-state index in [2.05, 4.69) is 21.1 Å². The van der Waals surface area contributed by atoms with E-state index in [1.165, 1.54) is 0 Å². The number of amidine groups is 1. The van der Waals surface area contributed by atoms with Crippen molar-refractivity contribution in [2.45, 2.75) is 6.54 Å². The second-order valence-corrected chi connectivity index (χ2v) is 5.98. The van der Waals surface area contributed by atoms with Crippen LogP contribution in [-0.2, 0) is 6.54 Å². The van der Waals surface area contributed by atoms with Crippen LogP contribution in [0.4, 0.5) is 5.69 Å². The molecule has 0 aliphatic carbocycles. The monoisotopic (exact) mass is 367 g/mol. The number of anilines is 1. The smallest absolute Gasteiger partial charge is 0.172 e. The van der Waals surface area contributed by atoms with Gasteiger partial charge in [-0.05, 0) is 35.9 Å². The molecule has 0 bridgehead atoms. The lowest BCUT2D eigenvalue weighted by Gasteiger charge is -2.22. The third kappa shape index (κ3) is 3.89. The molecule has 0 fully saturated rings. The number of halogens is 2. The minimum absolute atomic E-state index is 0.0734. The van der Waals surface area contributed by atoms with Crippen LogP contribution in [0.1, 0.15) is 11.1 Å². The highest BCUT2D eigenvalue weighted by atomic mass is 79.9. The maximum Gasteiger partial charge on any atom is 0.172 e. The van der Waals surface area contributed by atoms with Crippen molar-refractivity contribution < 1.29 is 5.21 Å². The predicted octanol–water partition coefficient (Wildman–Crippen LogP) is 3.83. The van der Waals surface area contributed by atoms with Gasteiger partial charge in [0.05, 0.1) is 0 Å². The summed E-state index contributed by atoms with van der Waals surface area (Å²) >= 11 is 9.39. The second kappa shape index (κ2) is 6.83. The zero-order chi connectivity index (χ0) is 15.4. The number of benzene rings is 2. The molecule has 0 saturated carbocycles. The Labute approximate surface area is 136 Å². The fourth-order valence-electron chi connectivity index (χ4n) is 2.09. The van der Waals surface area contributed by atoms with E-state index in [0.29, 0.717) is 17.1 Å². The van der Waals surface area contributed by atoms with E-state index in [9.17, 15) is 0 Å². The Hall–Kier alpha value is -1.72. The Morgan fingerprint density at radius 2 is 2.10 bits per heavy atom. The SMILES string of the molecule is CN(Cc1cccc(Cl)c1)c1ccc(Br)cc1/C(N)=N/O. The summed E-state index contributed by atoms with van der Waals surface area (Å²) in [6, 6.07) is 13.3. The van der Waals surface area contributed by atoms with Crippen LogP contribution in [0.25, 0.3) is 0 Å². The van der Waals surface area contributed by atoms with Crippen molar-refractivity contribution in [3.63, 3.8) is 0 Å². The van der Waals surface area contributed by atoms with E-state index >= 15 is 0 Å². The highest BCUT2D eigenvalue weighted by Crippen LogP contribution is 2.25.